The van der Waals surface area contributed by atoms with Crippen LogP contribution >= 0.6 is 46.4 Å². The van der Waals surface area contributed by atoms with Crippen molar-refractivity contribution in [3.05, 3.63) is 31.2 Å². The summed E-state index contributed by atoms with van der Waals surface area (Å²) < 4.78 is 0. The first-order chi connectivity index (χ1) is 13.7. The number of carbonyl (C=O) groups excluding carboxylic acids is 3. The van der Waals surface area contributed by atoms with Gasteiger partial charge in [-0.25, -0.2) is 10.2 Å². The van der Waals surface area contributed by atoms with Gasteiger partial charge in [0, 0.05) is 17.1 Å². The number of hydrazine groups is 1. The van der Waals surface area contributed by atoms with Gasteiger partial charge in [-0.1, -0.05) is 46.4 Å². The maximum atomic E-state index is 12.7. The highest BCUT2D eigenvalue weighted by molar-refractivity contribution is 6.55. The molecule has 0 aromatic heterocycles. The number of rotatable bonds is 2. The molecule has 0 unspecified atom stereocenters. The van der Waals surface area contributed by atoms with Gasteiger partial charge in [0.2, 0.25) is 0 Å². The zero-order valence-electron chi connectivity index (χ0n) is 17.1. The maximum absolute atomic E-state index is 12.7. The van der Waals surface area contributed by atoms with Crippen LogP contribution in [0, 0.1) is 0 Å². The maximum Gasteiger partial charge on any atom is 0.334 e. The molecule has 0 aliphatic carbocycles. The van der Waals surface area contributed by atoms with Crippen LogP contribution < -0.4 is 10.7 Å². The number of halogens is 4. The van der Waals surface area contributed by atoms with E-state index in [9.17, 15) is 14.4 Å². The molecule has 2 aliphatic heterocycles. The lowest BCUT2D eigenvalue weighted by molar-refractivity contribution is -0.0162. The van der Waals surface area contributed by atoms with E-state index in [1.54, 1.807) is 0 Å². The summed E-state index contributed by atoms with van der Waals surface area (Å²) in [4.78, 5) is 40.4. The van der Waals surface area contributed by atoms with Gasteiger partial charge in [0.05, 0.1) is 31.2 Å². The molecular formula is C19H22Cl4N4O3. The van der Waals surface area contributed by atoms with Crippen molar-refractivity contribution >= 4 is 64.2 Å². The number of hydrogen-bond acceptors (Lipinski definition) is 4. The molecule has 1 saturated heterocycles. The predicted octanol–water partition coefficient (Wildman–Crippen LogP) is 4.76. The van der Waals surface area contributed by atoms with Crippen molar-refractivity contribution in [2.45, 2.75) is 57.7 Å². The molecule has 1 aromatic rings. The fraction of sp³-hybridized carbons (Fsp3) is 0.526. The number of piperidine rings is 1. The number of urea groups is 1. The molecule has 1 fully saturated rings. The minimum Gasteiger partial charge on any atom is -0.334 e. The summed E-state index contributed by atoms with van der Waals surface area (Å²) in [6, 6.07) is -0.840. The predicted molar refractivity (Wildman–Crippen MR) is 118 cm³/mol. The molecule has 0 saturated carbocycles. The Labute approximate surface area is 194 Å². The van der Waals surface area contributed by atoms with Gasteiger partial charge in [0.15, 0.2) is 0 Å². The number of likely N-dealkylation sites (tertiary alicyclic amines) is 1. The highest BCUT2D eigenvalue weighted by Gasteiger charge is 2.45. The third kappa shape index (κ3) is 3.75. The van der Waals surface area contributed by atoms with Crippen LogP contribution in [0.25, 0.3) is 0 Å². The number of hydrogen-bond donors (Lipinski definition) is 2. The molecule has 0 atom stereocenters. The van der Waals surface area contributed by atoms with E-state index < -0.39 is 17.8 Å². The van der Waals surface area contributed by atoms with Gasteiger partial charge < -0.3 is 5.32 Å². The van der Waals surface area contributed by atoms with Crippen LogP contribution in [0.1, 0.15) is 61.3 Å². The smallest absolute Gasteiger partial charge is 0.334 e. The quantitative estimate of drug-likeness (QED) is 0.352. The molecule has 2 N–H and O–H groups in total. The molecular weight excluding hydrogens is 474 g/mol. The lowest BCUT2D eigenvalue weighted by Crippen LogP contribution is -2.63. The molecule has 30 heavy (non-hydrogen) atoms. The Morgan fingerprint density at radius 1 is 0.867 bits per heavy atom. The third-order valence-corrected chi connectivity index (χ3v) is 7.76. The second kappa shape index (κ2) is 7.71. The minimum atomic E-state index is -0.834. The Morgan fingerprint density at radius 2 is 1.27 bits per heavy atom. The fourth-order valence-corrected chi connectivity index (χ4v) is 5.26. The summed E-state index contributed by atoms with van der Waals surface area (Å²) in [5.74, 6) is -1.67. The van der Waals surface area contributed by atoms with Crippen molar-refractivity contribution in [1.29, 1.82) is 0 Å². The lowest BCUT2D eigenvalue weighted by Gasteiger charge is -2.53. The molecule has 11 heteroatoms. The van der Waals surface area contributed by atoms with E-state index in [4.69, 9.17) is 46.4 Å². The van der Waals surface area contributed by atoms with Crippen molar-refractivity contribution in [2.24, 2.45) is 0 Å². The largest absolute Gasteiger partial charge is 0.334 e. The minimum absolute atomic E-state index is 0.134. The highest BCUT2D eigenvalue weighted by atomic mass is 35.5. The van der Waals surface area contributed by atoms with E-state index in [0.29, 0.717) is 17.9 Å². The number of fused-ring (bicyclic) bond motifs is 1. The van der Waals surface area contributed by atoms with Gasteiger partial charge in [-0.3, -0.25) is 14.5 Å². The van der Waals surface area contributed by atoms with Gasteiger partial charge >= 0.3 is 6.03 Å². The van der Waals surface area contributed by atoms with Crippen LogP contribution in [-0.2, 0) is 0 Å². The standard InChI is InChI=1S/C19H22Cl4N4O3/c1-18(2)6-8(7-19(3,4)26(18)5)24-17(30)25-27-15(28)9-10(16(27)29)12(21)14(23)13(22)11(9)20/h8H,6-7H2,1-5H3,(H2,24,25,30). The SMILES string of the molecule is CN1C(C)(C)CC(NC(=O)NN2C(=O)c3c(Cl)c(Cl)c(Cl)c(Cl)c3C2=O)CC1(C)C. The number of imide groups is 1. The van der Waals surface area contributed by atoms with Crippen molar-refractivity contribution in [3.8, 4) is 0 Å². The van der Waals surface area contributed by atoms with E-state index in [1.165, 1.54) is 0 Å². The molecule has 0 spiro atoms. The van der Waals surface area contributed by atoms with Crippen LogP contribution in [-0.4, -0.2) is 51.9 Å². The normalized spacial score (nSPS) is 21.0. The molecule has 7 nitrogen and oxygen atoms in total. The molecule has 2 aliphatic rings. The zero-order valence-corrected chi connectivity index (χ0v) is 20.1. The van der Waals surface area contributed by atoms with Gasteiger partial charge in [-0.05, 0) is 47.6 Å². The molecule has 3 rings (SSSR count). The second-order valence-corrected chi connectivity index (χ2v) is 10.3. The van der Waals surface area contributed by atoms with Gasteiger partial charge in [0.1, 0.15) is 0 Å². The topological polar surface area (TPSA) is 81.8 Å². The van der Waals surface area contributed by atoms with Gasteiger partial charge in [-0.15, -0.1) is 0 Å². The van der Waals surface area contributed by atoms with Crippen molar-refractivity contribution < 1.29 is 14.4 Å². The summed E-state index contributed by atoms with van der Waals surface area (Å²) in [7, 11) is 2.05. The van der Waals surface area contributed by atoms with E-state index in [2.05, 4.69) is 50.4 Å². The molecule has 2 heterocycles. The summed E-state index contributed by atoms with van der Waals surface area (Å²) in [5.41, 5.74) is 1.62. The first kappa shape index (κ1) is 23.4. The highest BCUT2D eigenvalue weighted by Crippen LogP contribution is 2.44. The van der Waals surface area contributed by atoms with Crippen LogP contribution in [0.3, 0.4) is 0 Å². The van der Waals surface area contributed by atoms with E-state index in [0.717, 1.165) is 0 Å². The summed E-state index contributed by atoms with van der Waals surface area (Å²) in [6.45, 7) is 8.40. The molecule has 0 radical (unpaired) electrons. The Morgan fingerprint density at radius 3 is 1.67 bits per heavy atom. The van der Waals surface area contributed by atoms with E-state index >= 15 is 0 Å². The van der Waals surface area contributed by atoms with Crippen molar-refractivity contribution in [2.75, 3.05) is 7.05 Å². The third-order valence-electron chi connectivity index (χ3n) is 5.96. The number of amides is 4. The number of carbonyl (C=O) groups is 3. The Bertz CT molecular complexity index is 899. The van der Waals surface area contributed by atoms with Crippen LogP contribution in [0.2, 0.25) is 20.1 Å². The van der Waals surface area contributed by atoms with Crippen molar-refractivity contribution in [1.82, 2.24) is 20.7 Å². The average molecular weight is 496 g/mol. The monoisotopic (exact) mass is 494 g/mol. The molecule has 1 aromatic carbocycles. The Kier molecular flexibility index (Phi) is 6.02. The average Bonchev–Trinajstić information content (AvgIpc) is 2.87. The first-order valence-corrected chi connectivity index (χ1v) is 10.8. The van der Waals surface area contributed by atoms with Crippen LogP contribution in [0.15, 0.2) is 0 Å². The molecule has 4 amide bonds. The lowest BCUT2D eigenvalue weighted by atomic mass is 9.77. The zero-order chi connectivity index (χ0) is 22.8. The number of benzene rings is 1. The first-order valence-electron chi connectivity index (χ1n) is 9.25. The molecule has 164 valence electrons. The van der Waals surface area contributed by atoms with Gasteiger partial charge in [0.25, 0.3) is 11.8 Å². The van der Waals surface area contributed by atoms with E-state index in [1.807, 2.05) is 0 Å². The Hall–Kier alpha value is -1.25. The number of nitrogens with zero attached hydrogens (tertiary/aromatic N) is 2. The fourth-order valence-electron chi connectivity index (χ4n) is 4.24. The molecule has 0 bridgehead atoms. The second-order valence-electron chi connectivity index (χ2n) is 8.83. The van der Waals surface area contributed by atoms with Gasteiger partial charge in [-0.2, -0.15) is 5.01 Å². The summed E-state index contributed by atoms with van der Waals surface area (Å²) in [6.07, 6.45) is 1.40. The number of nitrogens with one attached hydrogen (secondary N) is 2. The van der Waals surface area contributed by atoms with Crippen LogP contribution in [0.4, 0.5) is 4.79 Å². The van der Waals surface area contributed by atoms with Crippen molar-refractivity contribution in [3.63, 3.8) is 0 Å². The Balaban J connectivity index is 1.78. The van der Waals surface area contributed by atoms with Crippen LogP contribution in [0.5, 0.6) is 0 Å². The summed E-state index contributed by atoms with van der Waals surface area (Å²) in [5, 5.41) is 2.77. The van der Waals surface area contributed by atoms with E-state index in [-0.39, 0.29) is 48.3 Å². The summed E-state index contributed by atoms with van der Waals surface area (Å²) >= 11 is 24.2.